The van der Waals surface area contributed by atoms with Crippen LogP contribution in [0, 0.1) is 0 Å². The van der Waals surface area contributed by atoms with Crippen LogP contribution in [0.3, 0.4) is 0 Å². The van der Waals surface area contributed by atoms with Crippen molar-refractivity contribution < 1.29 is 31.1 Å². The molecule has 0 atom stereocenters. The maximum atomic E-state index is 13.0. The van der Waals surface area contributed by atoms with Gasteiger partial charge in [0.15, 0.2) is 0 Å². The summed E-state index contributed by atoms with van der Waals surface area (Å²) in [5.74, 6) is 0. The summed E-state index contributed by atoms with van der Waals surface area (Å²) in [6, 6.07) is 0.520. The first-order valence-electron chi connectivity index (χ1n) is 10.3. The minimum atomic E-state index is -4.96. The van der Waals surface area contributed by atoms with Crippen LogP contribution in [0.2, 0.25) is 0 Å². The molecule has 1 aromatic rings. The van der Waals surface area contributed by atoms with Crippen LogP contribution in [0.25, 0.3) is 0 Å². The van der Waals surface area contributed by atoms with Crippen LogP contribution in [0.4, 0.5) is 36.8 Å². The highest BCUT2D eigenvalue weighted by molar-refractivity contribution is 5.90. The summed E-state index contributed by atoms with van der Waals surface area (Å²) in [4.78, 5) is 18.4. The second kappa shape index (κ2) is 9.23. The number of urea groups is 1. The number of carbonyl (C=O) groups is 1. The summed E-state index contributed by atoms with van der Waals surface area (Å²) >= 11 is 0. The SMILES string of the molecule is CCCCN1CCN(C2CN(C(=O)Nc3cc(C(F)(F)F)cc(C(F)(F)F)c3)C2)CC1. The van der Waals surface area contributed by atoms with Crippen molar-refractivity contribution in [1.82, 2.24) is 14.7 Å². The fourth-order valence-corrected chi connectivity index (χ4v) is 3.82. The van der Waals surface area contributed by atoms with E-state index < -0.39 is 35.2 Å². The molecule has 2 fully saturated rings. The molecule has 2 heterocycles. The lowest BCUT2D eigenvalue weighted by atomic mass is 10.1. The number of hydrogen-bond donors (Lipinski definition) is 1. The van der Waals surface area contributed by atoms with E-state index >= 15 is 0 Å². The Morgan fingerprint density at radius 2 is 1.52 bits per heavy atom. The van der Waals surface area contributed by atoms with Crippen molar-refractivity contribution in [2.24, 2.45) is 0 Å². The van der Waals surface area contributed by atoms with Gasteiger partial charge in [0.1, 0.15) is 0 Å². The van der Waals surface area contributed by atoms with Crippen LogP contribution in [0.15, 0.2) is 18.2 Å². The van der Waals surface area contributed by atoms with E-state index in [0.717, 1.165) is 45.6 Å². The number of piperazine rings is 1. The number of unbranched alkanes of at least 4 members (excludes halogenated alkanes) is 1. The molecular weight excluding hydrogens is 426 g/mol. The molecule has 0 bridgehead atoms. The molecule has 5 nitrogen and oxygen atoms in total. The van der Waals surface area contributed by atoms with Crippen LogP contribution in [-0.4, -0.2) is 72.6 Å². The van der Waals surface area contributed by atoms with Gasteiger partial charge in [0, 0.05) is 51.0 Å². The zero-order valence-corrected chi connectivity index (χ0v) is 17.2. The van der Waals surface area contributed by atoms with E-state index in [1.54, 1.807) is 0 Å². The van der Waals surface area contributed by atoms with Gasteiger partial charge in [-0.05, 0) is 31.2 Å². The molecule has 0 aromatic heterocycles. The molecule has 0 radical (unpaired) electrons. The molecule has 11 heteroatoms. The molecule has 174 valence electrons. The lowest BCUT2D eigenvalue weighted by Gasteiger charge is -2.48. The Labute approximate surface area is 177 Å². The molecule has 2 saturated heterocycles. The van der Waals surface area contributed by atoms with Gasteiger partial charge < -0.3 is 15.1 Å². The second-order valence-corrected chi connectivity index (χ2v) is 8.01. The van der Waals surface area contributed by atoms with Crippen molar-refractivity contribution in [2.75, 3.05) is 51.1 Å². The highest BCUT2D eigenvalue weighted by Crippen LogP contribution is 2.37. The molecule has 0 aliphatic carbocycles. The highest BCUT2D eigenvalue weighted by atomic mass is 19.4. The Morgan fingerprint density at radius 3 is 2.00 bits per heavy atom. The number of anilines is 1. The van der Waals surface area contributed by atoms with Crippen molar-refractivity contribution in [3.05, 3.63) is 29.3 Å². The maximum absolute atomic E-state index is 13.0. The number of halogens is 6. The quantitative estimate of drug-likeness (QED) is 0.675. The first-order valence-corrected chi connectivity index (χ1v) is 10.3. The third-order valence-corrected chi connectivity index (χ3v) is 5.74. The normalized spacial score (nSPS) is 19.4. The van der Waals surface area contributed by atoms with E-state index in [2.05, 4.69) is 22.0 Å². The Morgan fingerprint density at radius 1 is 0.968 bits per heavy atom. The zero-order valence-electron chi connectivity index (χ0n) is 17.2. The van der Waals surface area contributed by atoms with Crippen molar-refractivity contribution in [3.63, 3.8) is 0 Å². The third-order valence-electron chi connectivity index (χ3n) is 5.74. The van der Waals surface area contributed by atoms with Gasteiger partial charge in [0.05, 0.1) is 11.1 Å². The fraction of sp³-hybridized carbons (Fsp3) is 0.650. The summed E-state index contributed by atoms with van der Waals surface area (Å²) in [7, 11) is 0. The van der Waals surface area contributed by atoms with E-state index in [4.69, 9.17) is 0 Å². The first-order chi connectivity index (χ1) is 14.5. The van der Waals surface area contributed by atoms with Gasteiger partial charge in [0.25, 0.3) is 0 Å². The largest absolute Gasteiger partial charge is 0.416 e. The van der Waals surface area contributed by atoms with Crippen LogP contribution >= 0.6 is 0 Å². The minimum Gasteiger partial charge on any atom is -0.321 e. The maximum Gasteiger partial charge on any atom is 0.416 e. The number of alkyl halides is 6. The van der Waals surface area contributed by atoms with Gasteiger partial charge in [-0.1, -0.05) is 13.3 Å². The minimum absolute atomic E-state index is 0.0372. The smallest absolute Gasteiger partial charge is 0.321 e. The second-order valence-electron chi connectivity index (χ2n) is 8.01. The first kappa shape index (κ1) is 23.6. The predicted molar refractivity (Wildman–Crippen MR) is 104 cm³/mol. The average molecular weight is 452 g/mol. The number of hydrogen-bond acceptors (Lipinski definition) is 3. The predicted octanol–water partition coefficient (Wildman–Crippen LogP) is 4.36. The lowest BCUT2D eigenvalue weighted by Crippen LogP contribution is -2.64. The summed E-state index contributed by atoms with van der Waals surface area (Å²) in [6.45, 7) is 7.67. The average Bonchev–Trinajstić information content (AvgIpc) is 2.64. The monoisotopic (exact) mass is 452 g/mol. The lowest BCUT2D eigenvalue weighted by molar-refractivity contribution is -0.143. The molecule has 0 spiro atoms. The molecule has 0 saturated carbocycles. The molecule has 0 unspecified atom stereocenters. The Balaban J connectivity index is 1.55. The van der Waals surface area contributed by atoms with Crippen LogP contribution in [0.5, 0.6) is 0 Å². The number of rotatable bonds is 5. The van der Waals surface area contributed by atoms with Gasteiger partial charge in [-0.15, -0.1) is 0 Å². The molecule has 1 aromatic carbocycles. The van der Waals surface area contributed by atoms with Gasteiger partial charge in [-0.2, -0.15) is 26.3 Å². The number of carbonyl (C=O) groups excluding carboxylic acids is 1. The summed E-state index contributed by atoms with van der Waals surface area (Å²) in [5.41, 5.74) is -3.44. The molecule has 2 aliphatic rings. The fourth-order valence-electron chi connectivity index (χ4n) is 3.82. The Bertz CT molecular complexity index is 736. The molecule has 31 heavy (non-hydrogen) atoms. The molecule has 2 amide bonds. The zero-order chi connectivity index (χ0) is 22.8. The van der Waals surface area contributed by atoms with Crippen LogP contribution < -0.4 is 5.32 Å². The topological polar surface area (TPSA) is 38.8 Å². The molecule has 3 rings (SSSR count). The van der Waals surface area contributed by atoms with Crippen molar-refractivity contribution in [3.8, 4) is 0 Å². The van der Waals surface area contributed by atoms with Crippen LogP contribution in [-0.2, 0) is 12.4 Å². The van der Waals surface area contributed by atoms with Gasteiger partial charge >= 0.3 is 18.4 Å². The molecular formula is C20H26F6N4O. The molecule has 1 N–H and O–H groups in total. The van der Waals surface area contributed by atoms with Crippen molar-refractivity contribution in [2.45, 2.75) is 38.2 Å². The highest BCUT2D eigenvalue weighted by Gasteiger charge is 2.39. The van der Waals surface area contributed by atoms with Crippen molar-refractivity contribution in [1.29, 1.82) is 0 Å². The number of nitrogens with zero attached hydrogens (tertiary/aromatic N) is 3. The Hall–Kier alpha value is -2.01. The number of nitrogens with one attached hydrogen (secondary N) is 1. The van der Waals surface area contributed by atoms with E-state index in [9.17, 15) is 31.1 Å². The molecule has 2 aliphatic heterocycles. The van der Waals surface area contributed by atoms with Gasteiger partial charge in [-0.25, -0.2) is 4.79 Å². The number of amides is 2. The Kier molecular flexibility index (Phi) is 7.04. The summed E-state index contributed by atoms with van der Waals surface area (Å²) in [5, 5.41) is 2.18. The van der Waals surface area contributed by atoms with E-state index in [0.29, 0.717) is 25.2 Å². The number of likely N-dealkylation sites (tertiary alicyclic amines) is 1. The van der Waals surface area contributed by atoms with Gasteiger partial charge in [0.2, 0.25) is 0 Å². The van der Waals surface area contributed by atoms with E-state index in [-0.39, 0.29) is 12.1 Å². The van der Waals surface area contributed by atoms with Crippen LogP contribution in [0.1, 0.15) is 30.9 Å². The van der Waals surface area contributed by atoms with Crippen molar-refractivity contribution >= 4 is 11.7 Å². The summed E-state index contributed by atoms with van der Waals surface area (Å²) < 4.78 is 77.8. The van der Waals surface area contributed by atoms with E-state index in [1.807, 2.05) is 0 Å². The standard InChI is InChI=1S/C20H26F6N4O/c1-2-3-4-28-5-7-29(8-6-28)17-12-30(13-17)18(31)27-16-10-14(19(21,22)23)9-15(11-16)20(24,25)26/h9-11,17H,2-8,12-13H2,1H3,(H,27,31). The summed E-state index contributed by atoms with van der Waals surface area (Å²) in [6.07, 6.45) is -7.62. The third kappa shape index (κ3) is 6.03. The van der Waals surface area contributed by atoms with Gasteiger partial charge in [-0.3, -0.25) is 4.90 Å². The number of benzene rings is 1. The van der Waals surface area contributed by atoms with E-state index in [1.165, 1.54) is 4.90 Å².